The first kappa shape index (κ1) is 14.7. The van der Waals surface area contributed by atoms with Crippen molar-refractivity contribution in [2.45, 2.75) is 77.0 Å². The molecular formula is C17H26N2O2. The van der Waals surface area contributed by atoms with Crippen LogP contribution in [-0.2, 0) is 11.2 Å². The van der Waals surface area contributed by atoms with Crippen LogP contribution in [0.5, 0.6) is 0 Å². The molecule has 0 spiro atoms. The summed E-state index contributed by atoms with van der Waals surface area (Å²) in [6, 6.07) is 0. The third-order valence-corrected chi connectivity index (χ3v) is 5.38. The van der Waals surface area contributed by atoms with Crippen molar-refractivity contribution in [3.8, 4) is 0 Å². The molecule has 21 heavy (non-hydrogen) atoms. The number of hydrogen-bond acceptors (Lipinski definition) is 4. The Hall–Kier alpha value is -1.19. The smallest absolute Gasteiger partial charge is 0.227 e. The molecule has 4 heteroatoms. The molecule has 0 saturated heterocycles. The lowest BCUT2D eigenvalue weighted by molar-refractivity contribution is -0.124. The maximum atomic E-state index is 11.9. The Morgan fingerprint density at radius 2 is 1.95 bits per heavy atom. The monoisotopic (exact) mass is 290 g/mol. The van der Waals surface area contributed by atoms with Gasteiger partial charge < -0.3 is 4.52 Å². The zero-order valence-corrected chi connectivity index (χ0v) is 13.0. The lowest BCUT2D eigenvalue weighted by atomic mass is 9.80. The van der Waals surface area contributed by atoms with Gasteiger partial charge in [-0.1, -0.05) is 24.9 Å². The van der Waals surface area contributed by atoms with Crippen LogP contribution in [0, 0.1) is 11.8 Å². The molecule has 4 nitrogen and oxygen atoms in total. The quantitative estimate of drug-likeness (QED) is 0.839. The fourth-order valence-corrected chi connectivity index (χ4v) is 3.83. The van der Waals surface area contributed by atoms with Crippen LogP contribution in [0.25, 0.3) is 0 Å². The Morgan fingerprint density at radius 3 is 2.67 bits per heavy atom. The normalized spacial score (nSPS) is 30.5. The molecule has 2 fully saturated rings. The molecule has 0 aliphatic heterocycles. The van der Waals surface area contributed by atoms with E-state index in [1.807, 2.05) is 0 Å². The molecule has 2 aliphatic rings. The average Bonchev–Trinajstić information content (AvgIpc) is 2.98. The maximum Gasteiger partial charge on any atom is 0.227 e. The minimum absolute atomic E-state index is 0.114. The van der Waals surface area contributed by atoms with Gasteiger partial charge in [-0.3, -0.25) is 4.79 Å². The summed E-state index contributed by atoms with van der Waals surface area (Å²) < 4.78 is 5.41. The van der Waals surface area contributed by atoms with E-state index in [1.165, 1.54) is 32.1 Å². The van der Waals surface area contributed by atoms with Crippen molar-refractivity contribution in [2.75, 3.05) is 0 Å². The number of nitrogens with zero attached hydrogens (tertiary/aromatic N) is 2. The van der Waals surface area contributed by atoms with Crippen molar-refractivity contribution < 1.29 is 9.32 Å². The minimum Gasteiger partial charge on any atom is -0.339 e. The number of hydrogen-bond donors (Lipinski definition) is 0. The summed E-state index contributed by atoms with van der Waals surface area (Å²) in [5.41, 5.74) is 0. The second-order valence-corrected chi connectivity index (χ2v) is 6.79. The van der Waals surface area contributed by atoms with Gasteiger partial charge in [0.1, 0.15) is 5.78 Å². The molecule has 1 unspecified atom stereocenters. The third kappa shape index (κ3) is 3.53. The van der Waals surface area contributed by atoms with Gasteiger partial charge in [-0.25, -0.2) is 0 Å². The van der Waals surface area contributed by atoms with Gasteiger partial charge in [-0.2, -0.15) is 4.98 Å². The van der Waals surface area contributed by atoms with Crippen molar-refractivity contribution >= 4 is 5.78 Å². The van der Waals surface area contributed by atoms with E-state index in [0.717, 1.165) is 37.4 Å². The highest BCUT2D eigenvalue weighted by atomic mass is 16.5. The number of carbonyl (C=O) groups is 1. The molecule has 1 heterocycles. The Balaban J connectivity index is 1.57. The van der Waals surface area contributed by atoms with Crippen LogP contribution >= 0.6 is 0 Å². The van der Waals surface area contributed by atoms with Crippen molar-refractivity contribution in [1.82, 2.24) is 10.1 Å². The lowest BCUT2D eigenvalue weighted by Gasteiger charge is -2.25. The summed E-state index contributed by atoms with van der Waals surface area (Å²) >= 11 is 0. The first-order valence-corrected chi connectivity index (χ1v) is 8.61. The van der Waals surface area contributed by atoms with E-state index in [1.54, 1.807) is 0 Å². The van der Waals surface area contributed by atoms with Crippen molar-refractivity contribution in [2.24, 2.45) is 11.8 Å². The standard InChI is InChI=1S/C17H26N2O2/c1-2-12-7-9-13(10-8-12)17-18-16(21-19-17)11-14-5-3-4-6-15(14)20/h12-14H,2-11H2,1H3. The van der Waals surface area contributed by atoms with E-state index in [2.05, 4.69) is 17.1 Å². The molecule has 0 amide bonds. The number of carbonyl (C=O) groups excluding carboxylic acids is 1. The van der Waals surface area contributed by atoms with Crippen LogP contribution in [-0.4, -0.2) is 15.9 Å². The Labute approximate surface area is 126 Å². The van der Waals surface area contributed by atoms with E-state index in [4.69, 9.17) is 4.52 Å². The second-order valence-electron chi connectivity index (χ2n) is 6.79. The highest BCUT2D eigenvalue weighted by Crippen LogP contribution is 2.36. The van der Waals surface area contributed by atoms with Gasteiger partial charge in [0.05, 0.1) is 0 Å². The number of aromatic nitrogens is 2. The minimum atomic E-state index is 0.114. The fraction of sp³-hybridized carbons (Fsp3) is 0.824. The first-order chi connectivity index (χ1) is 10.3. The summed E-state index contributed by atoms with van der Waals surface area (Å²) in [7, 11) is 0. The molecule has 0 N–H and O–H groups in total. The van der Waals surface area contributed by atoms with E-state index in [9.17, 15) is 4.79 Å². The van der Waals surface area contributed by atoms with Crippen LogP contribution in [0.4, 0.5) is 0 Å². The van der Waals surface area contributed by atoms with Crippen LogP contribution in [0.3, 0.4) is 0 Å². The first-order valence-electron chi connectivity index (χ1n) is 8.61. The largest absolute Gasteiger partial charge is 0.339 e. The zero-order chi connectivity index (χ0) is 14.7. The van der Waals surface area contributed by atoms with Gasteiger partial charge in [0.15, 0.2) is 5.82 Å². The van der Waals surface area contributed by atoms with Gasteiger partial charge in [-0.15, -0.1) is 0 Å². The van der Waals surface area contributed by atoms with Crippen molar-refractivity contribution in [3.63, 3.8) is 0 Å². The van der Waals surface area contributed by atoms with Gasteiger partial charge >= 0.3 is 0 Å². The fourth-order valence-electron chi connectivity index (χ4n) is 3.83. The second kappa shape index (κ2) is 6.71. The Morgan fingerprint density at radius 1 is 1.14 bits per heavy atom. The highest BCUT2D eigenvalue weighted by Gasteiger charge is 2.27. The predicted molar refractivity (Wildman–Crippen MR) is 80.0 cm³/mol. The van der Waals surface area contributed by atoms with Gasteiger partial charge in [0.25, 0.3) is 0 Å². The third-order valence-electron chi connectivity index (χ3n) is 5.38. The summed E-state index contributed by atoms with van der Waals surface area (Å²) in [5, 5.41) is 4.18. The summed E-state index contributed by atoms with van der Waals surface area (Å²) in [6.45, 7) is 2.28. The number of rotatable bonds is 4. The average molecular weight is 290 g/mol. The molecule has 3 rings (SSSR count). The zero-order valence-electron chi connectivity index (χ0n) is 13.0. The Kier molecular flexibility index (Phi) is 4.71. The maximum absolute atomic E-state index is 11.9. The van der Waals surface area contributed by atoms with Gasteiger partial charge in [-0.05, 0) is 44.4 Å². The lowest BCUT2D eigenvalue weighted by Crippen LogP contribution is -2.21. The Bertz CT molecular complexity index is 475. The summed E-state index contributed by atoms with van der Waals surface area (Å²) in [6.07, 6.45) is 10.8. The van der Waals surface area contributed by atoms with Gasteiger partial charge in [0.2, 0.25) is 5.89 Å². The molecule has 0 bridgehead atoms. The molecule has 0 radical (unpaired) electrons. The van der Waals surface area contributed by atoms with Crippen LogP contribution < -0.4 is 0 Å². The predicted octanol–water partition coefficient (Wildman–Crippen LogP) is 4.06. The molecule has 1 atom stereocenters. The highest BCUT2D eigenvalue weighted by molar-refractivity contribution is 5.81. The molecule has 1 aromatic rings. The van der Waals surface area contributed by atoms with Crippen molar-refractivity contribution in [1.29, 1.82) is 0 Å². The van der Waals surface area contributed by atoms with E-state index >= 15 is 0 Å². The van der Waals surface area contributed by atoms with Crippen LogP contribution in [0.15, 0.2) is 4.52 Å². The number of Topliss-reactive ketones (excluding diaryl/α,β-unsaturated/α-hetero) is 1. The molecule has 0 aromatic carbocycles. The van der Waals surface area contributed by atoms with E-state index in [0.29, 0.717) is 24.0 Å². The SMILES string of the molecule is CCC1CCC(c2noc(CC3CCCCC3=O)n2)CC1. The van der Waals surface area contributed by atoms with E-state index in [-0.39, 0.29) is 5.92 Å². The molecular weight excluding hydrogens is 264 g/mol. The molecule has 116 valence electrons. The number of ketones is 1. The van der Waals surface area contributed by atoms with Crippen LogP contribution in [0.2, 0.25) is 0 Å². The van der Waals surface area contributed by atoms with E-state index < -0.39 is 0 Å². The summed E-state index contributed by atoms with van der Waals surface area (Å²) in [5.74, 6) is 3.39. The molecule has 2 aliphatic carbocycles. The van der Waals surface area contributed by atoms with Crippen molar-refractivity contribution in [3.05, 3.63) is 11.7 Å². The molecule has 2 saturated carbocycles. The van der Waals surface area contributed by atoms with Gasteiger partial charge in [0, 0.05) is 24.7 Å². The summed E-state index contributed by atoms with van der Waals surface area (Å²) in [4.78, 5) is 16.5. The topological polar surface area (TPSA) is 56.0 Å². The molecule has 1 aromatic heterocycles. The van der Waals surface area contributed by atoms with Crippen LogP contribution in [0.1, 0.15) is 82.3 Å².